The summed E-state index contributed by atoms with van der Waals surface area (Å²) in [5, 5.41) is 9.65. The Morgan fingerprint density at radius 3 is 2.30 bits per heavy atom. The van der Waals surface area contributed by atoms with Gasteiger partial charge >= 0.3 is 5.97 Å². The van der Waals surface area contributed by atoms with Crippen LogP contribution in [0.2, 0.25) is 0 Å². The highest BCUT2D eigenvalue weighted by atomic mass is 16.5. The van der Waals surface area contributed by atoms with E-state index in [1.165, 1.54) is 13.3 Å². The predicted octanol–water partition coefficient (Wildman–Crippen LogP) is 3.88. The van der Waals surface area contributed by atoms with E-state index < -0.39 is 0 Å². The van der Waals surface area contributed by atoms with Crippen molar-refractivity contribution < 1.29 is 14.6 Å². The van der Waals surface area contributed by atoms with E-state index in [4.69, 9.17) is 0 Å². The maximum absolute atomic E-state index is 10.2. The Morgan fingerprint density at radius 2 is 1.90 bits per heavy atom. The Morgan fingerprint density at radius 1 is 1.30 bits per heavy atom. The zero-order valence-corrected chi connectivity index (χ0v) is 13.6. The summed E-state index contributed by atoms with van der Waals surface area (Å²) in [6, 6.07) is 0. The second-order valence-electron chi connectivity index (χ2n) is 6.02. The van der Waals surface area contributed by atoms with E-state index in [-0.39, 0.29) is 12.1 Å². The average Bonchev–Trinajstić information content (AvgIpc) is 2.27. The summed E-state index contributed by atoms with van der Waals surface area (Å²) in [7, 11) is 0. The quantitative estimate of drug-likeness (QED) is 0.631. The second-order valence-corrected chi connectivity index (χ2v) is 6.02. The second kappa shape index (κ2) is 9.76. The van der Waals surface area contributed by atoms with Gasteiger partial charge in [-0.15, -0.1) is 0 Å². The van der Waals surface area contributed by atoms with E-state index in [1.54, 1.807) is 0 Å². The van der Waals surface area contributed by atoms with E-state index in [0.717, 1.165) is 24.0 Å². The number of esters is 1. The minimum atomic E-state index is -0.229. The number of aliphatic hydroxyl groups is 1. The summed E-state index contributed by atoms with van der Waals surface area (Å²) in [4.78, 5) is 10.2. The first-order valence-electron chi connectivity index (χ1n) is 7.34. The van der Waals surface area contributed by atoms with Crippen LogP contribution in [0.5, 0.6) is 0 Å². The lowest BCUT2D eigenvalue weighted by Gasteiger charge is -2.31. The van der Waals surface area contributed by atoms with Crippen LogP contribution in [0.1, 0.15) is 53.9 Å². The lowest BCUT2D eigenvalue weighted by Crippen LogP contribution is -2.28. The van der Waals surface area contributed by atoms with Crippen molar-refractivity contribution in [3.63, 3.8) is 0 Å². The number of rotatable bonds is 3. The van der Waals surface area contributed by atoms with Crippen LogP contribution >= 0.6 is 0 Å². The van der Waals surface area contributed by atoms with Gasteiger partial charge in [0.05, 0.1) is 6.10 Å². The van der Waals surface area contributed by atoms with Gasteiger partial charge in [-0.3, -0.25) is 4.79 Å². The molecule has 3 nitrogen and oxygen atoms in total. The molecule has 0 saturated heterocycles. The van der Waals surface area contributed by atoms with E-state index in [2.05, 4.69) is 18.2 Å². The zero-order valence-electron chi connectivity index (χ0n) is 13.6. The molecule has 3 atom stereocenters. The zero-order chi connectivity index (χ0) is 15.7. The third kappa shape index (κ3) is 8.92. The number of carbonyl (C=O) groups is 1. The Bertz CT molecular complexity index is 340. The van der Waals surface area contributed by atoms with Gasteiger partial charge in [0.1, 0.15) is 6.61 Å². The van der Waals surface area contributed by atoms with Crippen molar-refractivity contribution in [1.82, 2.24) is 0 Å². The standard InChI is InChI=1S/C10H18O.C7H12O2/c1-7(2)9-5-4-8(3)6-10(9)11;1-6(2)4-5-9-7(3)8/h8-11H,1,4-6H2,2-3H3;4H,5H2,1-3H3. The van der Waals surface area contributed by atoms with Crippen molar-refractivity contribution in [1.29, 1.82) is 0 Å². The minimum Gasteiger partial charge on any atom is -0.462 e. The topological polar surface area (TPSA) is 46.5 Å². The number of hydrogen-bond acceptors (Lipinski definition) is 3. The van der Waals surface area contributed by atoms with E-state index >= 15 is 0 Å². The van der Waals surface area contributed by atoms with Crippen molar-refractivity contribution in [2.45, 2.75) is 60.0 Å². The summed E-state index contributed by atoms with van der Waals surface area (Å²) in [5.74, 6) is 0.833. The monoisotopic (exact) mass is 282 g/mol. The van der Waals surface area contributed by atoms with Crippen LogP contribution in [-0.2, 0) is 9.53 Å². The van der Waals surface area contributed by atoms with Gasteiger partial charge in [0.2, 0.25) is 0 Å². The summed E-state index contributed by atoms with van der Waals surface area (Å²) < 4.78 is 4.64. The molecule has 0 radical (unpaired) electrons. The van der Waals surface area contributed by atoms with Crippen LogP contribution in [0.4, 0.5) is 0 Å². The Balaban J connectivity index is 0.000000370. The molecule has 0 aromatic carbocycles. The van der Waals surface area contributed by atoms with Crippen LogP contribution in [-0.4, -0.2) is 23.8 Å². The van der Waals surface area contributed by atoms with Gasteiger partial charge in [-0.05, 0) is 52.0 Å². The van der Waals surface area contributed by atoms with Gasteiger partial charge in [0.15, 0.2) is 0 Å². The number of aliphatic hydroxyl groups excluding tert-OH is 1. The molecule has 1 saturated carbocycles. The van der Waals surface area contributed by atoms with Gasteiger partial charge < -0.3 is 9.84 Å². The average molecular weight is 282 g/mol. The highest BCUT2D eigenvalue weighted by molar-refractivity contribution is 5.65. The SMILES string of the molecule is C=C(C)C1CCC(C)CC1O.CC(=O)OCC=C(C)C. The molecule has 0 aromatic rings. The fraction of sp³-hybridized carbons (Fsp3) is 0.706. The third-order valence-corrected chi connectivity index (χ3v) is 3.49. The predicted molar refractivity (Wildman–Crippen MR) is 83.4 cm³/mol. The highest BCUT2D eigenvalue weighted by Crippen LogP contribution is 2.32. The highest BCUT2D eigenvalue weighted by Gasteiger charge is 2.26. The van der Waals surface area contributed by atoms with Crippen molar-refractivity contribution in [2.75, 3.05) is 6.61 Å². The van der Waals surface area contributed by atoms with Gasteiger partial charge in [0, 0.05) is 12.8 Å². The fourth-order valence-electron chi connectivity index (χ4n) is 2.25. The molecule has 1 rings (SSSR count). The number of carbonyl (C=O) groups excluding carboxylic acids is 1. The van der Waals surface area contributed by atoms with E-state index in [9.17, 15) is 9.90 Å². The molecular weight excluding hydrogens is 252 g/mol. The van der Waals surface area contributed by atoms with Gasteiger partial charge in [0.25, 0.3) is 0 Å². The van der Waals surface area contributed by atoms with Crippen LogP contribution in [0.15, 0.2) is 23.8 Å². The Kier molecular flexibility index (Phi) is 9.23. The van der Waals surface area contributed by atoms with Crippen molar-refractivity contribution in [3.05, 3.63) is 23.8 Å². The van der Waals surface area contributed by atoms with Crippen LogP contribution in [0, 0.1) is 11.8 Å². The summed E-state index contributed by atoms with van der Waals surface area (Å²) in [5.41, 5.74) is 2.31. The Hall–Kier alpha value is -1.09. The molecule has 20 heavy (non-hydrogen) atoms. The summed E-state index contributed by atoms with van der Waals surface area (Å²) in [6.07, 6.45) is 5.06. The molecular formula is C17H30O3. The summed E-state index contributed by atoms with van der Waals surface area (Å²) in [6.45, 7) is 13.8. The molecule has 0 heterocycles. The lowest BCUT2D eigenvalue weighted by atomic mass is 9.78. The van der Waals surface area contributed by atoms with Crippen molar-refractivity contribution in [3.8, 4) is 0 Å². The van der Waals surface area contributed by atoms with E-state index in [1.807, 2.05) is 26.8 Å². The third-order valence-electron chi connectivity index (χ3n) is 3.49. The van der Waals surface area contributed by atoms with Gasteiger partial charge in [-0.2, -0.15) is 0 Å². The molecule has 0 aromatic heterocycles. The first-order chi connectivity index (χ1) is 9.23. The molecule has 116 valence electrons. The minimum absolute atomic E-state index is 0.128. The normalized spacial score (nSPS) is 25.0. The van der Waals surface area contributed by atoms with Crippen molar-refractivity contribution >= 4 is 5.97 Å². The molecule has 1 N–H and O–H groups in total. The van der Waals surface area contributed by atoms with Gasteiger partial charge in [-0.25, -0.2) is 0 Å². The van der Waals surface area contributed by atoms with Crippen LogP contribution in [0.25, 0.3) is 0 Å². The molecule has 1 aliphatic carbocycles. The van der Waals surface area contributed by atoms with Crippen molar-refractivity contribution in [2.24, 2.45) is 11.8 Å². The molecule has 1 fully saturated rings. The molecule has 0 amide bonds. The molecule has 3 heteroatoms. The first-order valence-corrected chi connectivity index (χ1v) is 7.34. The maximum atomic E-state index is 10.2. The number of ether oxygens (including phenoxy) is 1. The first kappa shape index (κ1) is 18.9. The molecule has 0 bridgehead atoms. The van der Waals surface area contributed by atoms with Crippen LogP contribution in [0.3, 0.4) is 0 Å². The maximum Gasteiger partial charge on any atom is 0.302 e. The van der Waals surface area contributed by atoms with Crippen LogP contribution < -0.4 is 0 Å². The van der Waals surface area contributed by atoms with Gasteiger partial charge in [-0.1, -0.05) is 24.6 Å². The molecule has 0 aliphatic heterocycles. The number of allylic oxidation sites excluding steroid dienone is 1. The molecule has 3 unspecified atom stereocenters. The smallest absolute Gasteiger partial charge is 0.302 e. The van der Waals surface area contributed by atoms with E-state index in [0.29, 0.717) is 18.4 Å². The Labute approximate surface area is 123 Å². The lowest BCUT2D eigenvalue weighted by molar-refractivity contribution is -0.139. The molecule has 1 aliphatic rings. The number of hydrogen-bond donors (Lipinski definition) is 1. The molecule has 0 spiro atoms. The largest absolute Gasteiger partial charge is 0.462 e. The summed E-state index contributed by atoms with van der Waals surface area (Å²) >= 11 is 0. The fourth-order valence-corrected chi connectivity index (χ4v) is 2.25.